The van der Waals surface area contributed by atoms with Crippen LogP contribution in [0.5, 0.6) is 0 Å². The van der Waals surface area contributed by atoms with E-state index in [-0.39, 0.29) is 11.7 Å². The minimum Gasteiger partial charge on any atom is -0.308 e. The Hall–Kier alpha value is -2.67. The Bertz CT molecular complexity index is 915. The van der Waals surface area contributed by atoms with Crippen LogP contribution in [0.1, 0.15) is 48.8 Å². The van der Waals surface area contributed by atoms with Crippen molar-refractivity contribution in [3.8, 4) is 6.07 Å². The van der Waals surface area contributed by atoms with E-state index in [0.717, 1.165) is 22.7 Å². The number of anilines is 1. The molecule has 2 aromatic carbocycles. The van der Waals surface area contributed by atoms with E-state index in [1.165, 1.54) is 37.8 Å². The van der Waals surface area contributed by atoms with Crippen molar-refractivity contribution >= 4 is 11.6 Å². The molecule has 2 aromatic rings. The maximum Gasteiger partial charge on any atom is 0.227 e. The van der Waals surface area contributed by atoms with Gasteiger partial charge in [-0.1, -0.05) is 18.6 Å². The first-order valence-electron chi connectivity index (χ1n) is 10.1. The lowest BCUT2D eigenvalue weighted by Gasteiger charge is -2.28. The number of hydrogen-bond donors (Lipinski definition) is 0. The zero-order valence-corrected chi connectivity index (χ0v) is 16.2. The summed E-state index contributed by atoms with van der Waals surface area (Å²) in [6, 6.07) is 14.0. The van der Waals surface area contributed by atoms with Crippen LogP contribution in [-0.2, 0) is 11.3 Å². The molecule has 0 heterocycles. The molecule has 0 radical (unpaired) electrons. The van der Waals surface area contributed by atoms with Crippen LogP contribution in [0, 0.1) is 41.8 Å². The molecule has 0 unspecified atom stereocenters. The van der Waals surface area contributed by atoms with Crippen LogP contribution >= 0.6 is 0 Å². The van der Waals surface area contributed by atoms with Crippen molar-refractivity contribution in [1.82, 2.24) is 0 Å². The third-order valence-electron chi connectivity index (χ3n) is 6.50. The minimum atomic E-state index is -0.292. The van der Waals surface area contributed by atoms with Crippen molar-refractivity contribution in [3.63, 3.8) is 0 Å². The lowest BCUT2D eigenvalue weighted by atomic mass is 9.86. The van der Waals surface area contributed by atoms with E-state index < -0.39 is 0 Å². The Labute approximate surface area is 165 Å². The average molecular weight is 376 g/mol. The van der Waals surface area contributed by atoms with Crippen molar-refractivity contribution in [2.45, 2.75) is 45.6 Å². The molecule has 0 aromatic heterocycles. The summed E-state index contributed by atoms with van der Waals surface area (Å²) < 4.78 is 13.6. The standard InChI is InChI=1S/C24H25FN2O/c1-16-10-22(25)8-9-23(16)27(15-18-4-2-17(14-26)3-5-18)24(28)13-21-12-19-6-7-20(21)11-19/h2-5,8-10,19-21H,6-7,11-13,15H2,1H3/t19-,20-,21+/m1/s1. The van der Waals surface area contributed by atoms with Crippen molar-refractivity contribution in [3.05, 3.63) is 65.0 Å². The largest absolute Gasteiger partial charge is 0.308 e. The van der Waals surface area contributed by atoms with Crippen LogP contribution < -0.4 is 4.90 Å². The topological polar surface area (TPSA) is 44.1 Å². The first kappa shape index (κ1) is 18.7. The van der Waals surface area contributed by atoms with E-state index in [1.807, 2.05) is 19.1 Å². The summed E-state index contributed by atoms with van der Waals surface area (Å²) in [4.78, 5) is 15.1. The Morgan fingerprint density at radius 3 is 2.57 bits per heavy atom. The second-order valence-corrected chi connectivity index (χ2v) is 8.36. The fourth-order valence-corrected chi connectivity index (χ4v) is 5.06. The van der Waals surface area contributed by atoms with Crippen molar-refractivity contribution in [2.24, 2.45) is 17.8 Å². The summed E-state index contributed by atoms with van der Waals surface area (Å²) in [5, 5.41) is 9.00. The van der Waals surface area contributed by atoms with Crippen LogP contribution in [0.25, 0.3) is 0 Å². The van der Waals surface area contributed by atoms with E-state index in [4.69, 9.17) is 5.26 Å². The fraction of sp³-hybridized carbons (Fsp3) is 0.417. The first-order chi connectivity index (χ1) is 13.5. The molecule has 2 fully saturated rings. The number of aryl methyl sites for hydroxylation is 1. The number of hydrogen-bond acceptors (Lipinski definition) is 2. The van der Waals surface area contributed by atoms with Gasteiger partial charge in [0.2, 0.25) is 5.91 Å². The van der Waals surface area contributed by atoms with Gasteiger partial charge in [-0.25, -0.2) is 4.39 Å². The number of amides is 1. The highest BCUT2D eigenvalue weighted by Crippen LogP contribution is 2.49. The molecule has 4 heteroatoms. The predicted molar refractivity (Wildman–Crippen MR) is 107 cm³/mol. The maximum absolute atomic E-state index is 13.6. The molecule has 2 saturated carbocycles. The second kappa shape index (κ2) is 7.75. The Morgan fingerprint density at radius 1 is 1.18 bits per heavy atom. The van der Waals surface area contributed by atoms with Crippen LogP contribution in [0.4, 0.5) is 10.1 Å². The highest BCUT2D eigenvalue weighted by atomic mass is 19.1. The Balaban J connectivity index is 1.58. The van der Waals surface area contributed by atoms with Gasteiger partial charge in [-0.2, -0.15) is 5.26 Å². The molecule has 28 heavy (non-hydrogen) atoms. The van der Waals surface area contributed by atoms with Gasteiger partial charge in [-0.3, -0.25) is 4.79 Å². The number of nitrogens with zero attached hydrogens (tertiary/aromatic N) is 2. The molecular formula is C24H25FN2O. The summed E-state index contributed by atoms with van der Waals surface area (Å²) in [5.74, 6) is 1.80. The van der Waals surface area contributed by atoms with Gasteiger partial charge in [0.1, 0.15) is 5.82 Å². The fourth-order valence-electron chi connectivity index (χ4n) is 5.06. The lowest BCUT2D eigenvalue weighted by Crippen LogP contribution is -2.33. The molecule has 2 aliphatic rings. The Kier molecular flexibility index (Phi) is 5.17. The Morgan fingerprint density at radius 2 is 1.96 bits per heavy atom. The molecule has 2 aliphatic carbocycles. The molecule has 0 spiro atoms. The van der Waals surface area contributed by atoms with Gasteiger partial charge in [0, 0.05) is 12.1 Å². The van der Waals surface area contributed by atoms with E-state index in [2.05, 4.69) is 6.07 Å². The number of fused-ring (bicyclic) bond motifs is 2. The highest BCUT2D eigenvalue weighted by molar-refractivity contribution is 5.94. The first-order valence-corrected chi connectivity index (χ1v) is 10.1. The summed E-state index contributed by atoms with van der Waals surface area (Å²) in [5.41, 5.74) is 3.08. The van der Waals surface area contributed by atoms with E-state index in [9.17, 15) is 9.18 Å². The van der Waals surface area contributed by atoms with Gasteiger partial charge in [0.15, 0.2) is 0 Å². The third-order valence-corrected chi connectivity index (χ3v) is 6.50. The number of benzene rings is 2. The molecular weight excluding hydrogens is 351 g/mol. The van der Waals surface area contributed by atoms with E-state index in [0.29, 0.717) is 30.4 Å². The number of halogens is 1. The normalized spacial score (nSPS) is 22.8. The summed E-state index contributed by atoms with van der Waals surface area (Å²) >= 11 is 0. The third kappa shape index (κ3) is 3.80. The van der Waals surface area contributed by atoms with Gasteiger partial charge in [-0.15, -0.1) is 0 Å². The van der Waals surface area contributed by atoms with Crippen molar-refractivity contribution in [2.75, 3.05) is 4.90 Å². The number of rotatable bonds is 5. The average Bonchev–Trinajstić information content (AvgIpc) is 3.30. The molecule has 3 nitrogen and oxygen atoms in total. The van der Waals surface area contributed by atoms with Crippen molar-refractivity contribution < 1.29 is 9.18 Å². The molecule has 1 amide bonds. The molecule has 0 saturated heterocycles. The summed E-state index contributed by atoms with van der Waals surface area (Å²) in [7, 11) is 0. The molecule has 144 valence electrons. The SMILES string of the molecule is Cc1cc(F)ccc1N(Cc1ccc(C#N)cc1)C(=O)C[C@@H]1C[C@@H]2CC[C@@H]1C2. The molecule has 0 N–H and O–H groups in total. The van der Waals surface area contributed by atoms with Gasteiger partial charge < -0.3 is 4.90 Å². The smallest absolute Gasteiger partial charge is 0.227 e. The number of carbonyl (C=O) groups excluding carboxylic acids is 1. The molecule has 3 atom stereocenters. The highest BCUT2D eigenvalue weighted by Gasteiger charge is 2.40. The molecule has 0 aliphatic heterocycles. The minimum absolute atomic E-state index is 0.108. The second-order valence-electron chi connectivity index (χ2n) is 8.36. The monoisotopic (exact) mass is 376 g/mol. The van der Waals surface area contributed by atoms with Gasteiger partial charge in [-0.05, 0) is 85.4 Å². The predicted octanol–water partition coefficient (Wildman–Crippen LogP) is 5.37. The van der Waals surface area contributed by atoms with E-state index >= 15 is 0 Å². The van der Waals surface area contributed by atoms with Crippen LogP contribution in [-0.4, -0.2) is 5.91 Å². The summed E-state index contributed by atoms with van der Waals surface area (Å²) in [6.07, 6.45) is 5.59. The quantitative estimate of drug-likeness (QED) is 0.704. The van der Waals surface area contributed by atoms with Crippen LogP contribution in [0.15, 0.2) is 42.5 Å². The van der Waals surface area contributed by atoms with Crippen molar-refractivity contribution in [1.29, 1.82) is 5.26 Å². The molecule has 4 rings (SSSR count). The van der Waals surface area contributed by atoms with E-state index in [1.54, 1.807) is 23.1 Å². The maximum atomic E-state index is 13.6. The molecule has 2 bridgehead atoms. The number of nitriles is 1. The van der Waals surface area contributed by atoms with Gasteiger partial charge in [0.25, 0.3) is 0 Å². The van der Waals surface area contributed by atoms with Crippen LogP contribution in [0.3, 0.4) is 0 Å². The zero-order chi connectivity index (χ0) is 19.7. The van der Waals surface area contributed by atoms with Crippen LogP contribution in [0.2, 0.25) is 0 Å². The lowest BCUT2D eigenvalue weighted by molar-refractivity contribution is -0.120. The van der Waals surface area contributed by atoms with Gasteiger partial charge >= 0.3 is 0 Å². The summed E-state index contributed by atoms with van der Waals surface area (Å²) in [6.45, 7) is 2.27. The number of carbonyl (C=O) groups is 1. The van der Waals surface area contributed by atoms with Gasteiger partial charge in [0.05, 0.1) is 18.2 Å². The zero-order valence-electron chi connectivity index (χ0n) is 16.2.